The average Bonchev–Trinajstić information content (AvgIpc) is 3.08. The molecule has 1 aliphatic rings. The SMILES string of the molecule is COC(=O)/C=C1/S/C(=N\N=Cc2ccc3nc(N)sc3c2)NC1=O. The molecule has 0 atom stereocenters. The van der Waals surface area contributed by atoms with Gasteiger partial charge in [0.1, 0.15) is 0 Å². The Labute approximate surface area is 144 Å². The van der Waals surface area contributed by atoms with E-state index in [1.54, 1.807) is 6.21 Å². The van der Waals surface area contributed by atoms with E-state index in [0.29, 0.717) is 5.13 Å². The van der Waals surface area contributed by atoms with Gasteiger partial charge in [0.05, 0.1) is 28.4 Å². The number of carbonyl (C=O) groups excluding carboxylic acids is 2. The molecule has 10 heteroatoms. The zero-order valence-electron chi connectivity index (χ0n) is 12.3. The number of fused-ring (bicyclic) bond motifs is 1. The van der Waals surface area contributed by atoms with Crippen molar-refractivity contribution in [3.8, 4) is 0 Å². The van der Waals surface area contributed by atoms with Crippen LogP contribution in [0.1, 0.15) is 5.56 Å². The molecule has 8 nitrogen and oxygen atoms in total. The Kier molecular flexibility index (Phi) is 4.58. The molecule has 0 radical (unpaired) electrons. The second kappa shape index (κ2) is 6.81. The van der Waals surface area contributed by atoms with E-state index < -0.39 is 11.9 Å². The van der Waals surface area contributed by atoms with Crippen LogP contribution in [-0.2, 0) is 14.3 Å². The molecule has 0 spiro atoms. The van der Waals surface area contributed by atoms with Crippen LogP contribution in [0.5, 0.6) is 0 Å². The second-order valence-corrected chi connectivity index (χ2v) is 6.61. The first-order valence-corrected chi connectivity index (χ1v) is 8.24. The molecule has 0 saturated carbocycles. The van der Waals surface area contributed by atoms with E-state index in [9.17, 15) is 9.59 Å². The highest BCUT2D eigenvalue weighted by atomic mass is 32.2. The molecule has 2 aromatic rings. The molecule has 3 rings (SSSR count). The normalized spacial score (nSPS) is 18.0. The van der Waals surface area contributed by atoms with Gasteiger partial charge in [0.2, 0.25) is 0 Å². The first-order valence-electron chi connectivity index (χ1n) is 6.61. The van der Waals surface area contributed by atoms with Crippen LogP contribution in [0.25, 0.3) is 10.2 Å². The lowest BCUT2D eigenvalue weighted by Crippen LogP contribution is -2.19. The van der Waals surface area contributed by atoms with Gasteiger partial charge in [-0.3, -0.25) is 10.1 Å². The number of anilines is 1. The average molecular weight is 361 g/mol. The van der Waals surface area contributed by atoms with Crippen molar-refractivity contribution in [1.82, 2.24) is 10.3 Å². The number of methoxy groups -OCH3 is 1. The minimum Gasteiger partial charge on any atom is -0.466 e. The molecule has 0 unspecified atom stereocenters. The summed E-state index contributed by atoms with van der Waals surface area (Å²) in [5.41, 5.74) is 7.32. The van der Waals surface area contributed by atoms with Crippen molar-refractivity contribution in [3.63, 3.8) is 0 Å². The number of ether oxygens (including phenoxy) is 1. The molecular formula is C14H11N5O3S2. The lowest BCUT2D eigenvalue weighted by atomic mass is 10.2. The van der Waals surface area contributed by atoms with Crippen LogP contribution in [0.4, 0.5) is 5.13 Å². The number of thioether (sulfide) groups is 1. The molecule has 1 saturated heterocycles. The summed E-state index contributed by atoms with van der Waals surface area (Å²) in [6, 6.07) is 5.59. The lowest BCUT2D eigenvalue weighted by Gasteiger charge is -1.92. The first kappa shape index (κ1) is 16.1. The van der Waals surface area contributed by atoms with E-state index in [0.717, 1.165) is 33.6 Å². The Morgan fingerprint density at radius 1 is 1.46 bits per heavy atom. The van der Waals surface area contributed by atoms with Crippen LogP contribution < -0.4 is 11.1 Å². The fourth-order valence-corrected chi connectivity index (χ4v) is 3.35. The summed E-state index contributed by atoms with van der Waals surface area (Å²) in [5, 5.41) is 11.2. The van der Waals surface area contributed by atoms with E-state index in [-0.39, 0.29) is 10.1 Å². The van der Waals surface area contributed by atoms with Crippen LogP contribution in [-0.4, -0.2) is 35.4 Å². The minimum absolute atomic E-state index is 0.206. The molecule has 0 aliphatic carbocycles. The molecule has 1 fully saturated rings. The fourth-order valence-electron chi connectivity index (χ4n) is 1.83. The molecule has 24 heavy (non-hydrogen) atoms. The maximum Gasteiger partial charge on any atom is 0.331 e. The van der Waals surface area contributed by atoms with Crippen LogP contribution in [0.15, 0.2) is 39.4 Å². The number of amides is 1. The van der Waals surface area contributed by atoms with Gasteiger partial charge < -0.3 is 10.5 Å². The lowest BCUT2D eigenvalue weighted by molar-refractivity contribution is -0.135. The predicted octanol–water partition coefficient (Wildman–Crippen LogP) is 1.49. The third-order valence-corrected chi connectivity index (χ3v) is 4.63. The monoisotopic (exact) mass is 361 g/mol. The Morgan fingerprint density at radius 3 is 3.08 bits per heavy atom. The number of esters is 1. The summed E-state index contributed by atoms with van der Waals surface area (Å²) in [5.74, 6) is -1.02. The first-order chi connectivity index (χ1) is 11.5. The van der Waals surface area contributed by atoms with Gasteiger partial charge in [-0.1, -0.05) is 17.4 Å². The van der Waals surface area contributed by atoms with Crippen molar-refractivity contribution in [2.45, 2.75) is 0 Å². The Balaban J connectivity index is 1.72. The second-order valence-electron chi connectivity index (χ2n) is 4.52. The molecule has 122 valence electrons. The Hall–Kier alpha value is -2.72. The predicted molar refractivity (Wildman–Crippen MR) is 94.9 cm³/mol. The van der Waals surface area contributed by atoms with E-state index in [1.165, 1.54) is 18.4 Å². The van der Waals surface area contributed by atoms with Crippen LogP contribution in [0.3, 0.4) is 0 Å². The minimum atomic E-state index is -0.602. The quantitative estimate of drug-likeness (QED) is 0.370. The molecule has 1 amide bonds. The zero-order chi connectivity index (χ0) is 17.1. The van der Waals surface area contributed by atoms with Gasteiger partial charge in [-0.15, -0.1) is 5.10 Å². The third kappa shape index (κ3) is 3.60. The summed E-state index contributed by atoms with van der Waals surface area (Å²) in [7, 11) is 1.24. The maximum atomic E-state index is 11.7. The molecule has 1 aromatic carbocycles. The van der Waals surface area contributed by atoms with Crippen molar-refractivity contribution in [2.24, 2.45) is 10.2 Å². The van der Waals surface area contributed by atoms with Crippen molar-refractivity contribution >= 4 is 61.7 Å². The number of nitrogens with zero attached hydrogens (tertiary/aromatic N) is 3. The number of nitrogen functional groups attached to an aromatic ring is 1. The summed E-state index contributed by atoms with van der Waals surface area (Å²) in [6.45, 7) is 0. The highest BCUT2D eigenvalue weighted by Gasteiger charge is 2.24. The largest absolute Gasteiger partial charge is 0.466 e. The maximum absolute atomic E-state index is 11.7. The molecule has 0 bridgehead atoms. The molecule has 1 aromatic heterocycles. The van der Waals surface area contributed by atoms with E-state index >= 15 is 0 Å². The molecule has 1 aliphatic heterocycles. The summed E-state index contributed by atoms with van der Waals surface area (Å²) >= 11 is 2.41. The standard InChI is InChI=1S/C14H11N5O3S2/c1-22-11(20)5-10-12(21)18-14(24-10)19-16-6-7-2-3-8-9(4-7)23-13(15)17-8/h2-6H,1H3,(H2,15,17)(H,18,19,21)/b10-5+,16-6?. The number of thiazole rings is 1. The number of hydrogen-bond donors (Lipinski definition) is 2. The highest BCUT2D eigenvalue weighted by molar-refractivity contribution is 8.18. The highest BCUT2D eigenvalue weighted by Crippen LogP contribution is 2.25. The van der Waals surface area contributed by atoms with Crippen molar-refractivity contribution in [3.05, 3.63) is 34.7 Å². The van der Waals surface area contributed by atoms with Crippen LogP contribution in [0.2, 0.25) is 0 Å². The molecular weight excluding hydrogens is 350 g/mol. The molecule has 3 N–H and O–H groups in total. The summed E-state index contributed by atoms with van der Waals surface area (Å²) in [4.78, 5) is 27.2. The van der Waals surface area contributed by atoms with Gasteiger partial charge in [0.15, 0.2) is 10.3 Å². The Bertz CT molecular complexity index is 916. The Morgan fingerprint density at radius 2 is 2.29 bits per heavy atom. The topological polar surface area (TPSA) is 119 Å². The van der Waals surface area contributed by atoms with Gasteiger partial charge in [-0.25, -0.2) is 9.78 Å². The van der Waals surface area contributed by atoms with E-state index in [1.807, 2.05) is 18.2 Å². The zero-order valence-corrected chi connectivity index (χ0v) is 14.0. The van der Waals surface area contributed by atoms with Gasteiger partial charge in [-0.2, -0.15) is 5.10 Å². The van der Waals surface area contributed by atoms with Gasteiger partial charge in [0, 0.05) is 6.08 Å². The number of amidine groups is 1. The third-order valence-electron chi connectivity index (χ3n) is 2.89. The van der Waals surface area contributed by atoms with Gasteiger partial charge in [-0.05, 0) is 29.5 Å². The number of aromatic nitrogens is 1. The van der Waals surface area contributed by atoms with Gasteiger partial charge in [0.25, 0.3) is 5.91 Å². The van der Waals surface area contributed by atoms with Crippen LogP contribution in [0, 0.1) is 0 Å². The van der Waals surface area contributed by atoms with Gasteiger partial charge >= 0.3 is 5.97 Å². The van der Waals surface area contributed by atoms with Crippen LogP contribution >= 0.6 is 23.1 Å². The van der Waals surface area contributed by atoms with E-state index in [2.05, 4.69) is 25.2 Å². The number of carbonyl (C=O) groups is 2. The summed E-state index contributed by atoms with van der Waals surface area (Å²) in [6.07, 6.45) is 2.66. The number of benzene rings is 1. The number of hydrogen-bond acceptors (Lipinski definition) is 9. The number of rotatable bonds is 3. The summed E-state index contributed by atoms with van der Waals surface area (Å²) < 4.78 is 5.43. The van der Waals surface area contributed by atoms with Crippen molar-refractivity contribution < 1.29 is 14.3 Å². The smallest absolute Gasteiger partial charge is 0.331 e. The number of nitrogens with two attached hydrogens (primary N) is 1. The van der Waals surface area contributed by atoms with E-state index in [4.69, 9.17) is 5.73 Å². The number of nitrogens with one attached hydrogen (secondary N) is 1. The fraction of sp³-hybridized carbons (Fsp3) is 0.0714. The molecule has 2 heterocycles. The van der Waals surface area contributed by atoms with Crippen molar-refractivity contribution in [2.75, 3.05) is 12.8 Å². The van der Waals surface area contributed by atoms with Crippen molar-refractivity contribution in [1.29, 1.82) is 0 Å².